The number of benzene rings is 2. The van der Waals surface area contributed by atoms with Gasteiger partial charge in [-0.25, -0.2) is 8.78 Å². The molecule has 6 nitrogen and oxygen atoms in total. The van der Waals surface area contributed by atoms with Gasteiger partial charge >= 0.3 is 0 Å². The summed E-state index contributed by atoms with van der Waals surface area (Å²) in [5.74, 6) is -0.834. The molecule has 1 amide bonds. The summed E-state index contributed by atoms with van der Waals surface area (Å²) in [4.78, 5) is 27.2. The molecule has 0 radical (unpaired) electrons. The number of nitrogens with one attached hydrogen (secondary N) is 1. The maximum atomic E-state index is 12.8. The van der Waals surface area contributed by atoms with Gasteiger partial charge in [-0.15, -0.1) is 0 Å². The number of hydrogen-bond donors (Lipinski definition) is 2. The van der Waals surface area contributed by atoms with E-state index in [1.807, 2.05) is 0 Å². The molecular formula is C34H55ClF2N4O2. The molecule has 2 aromatic carbocycles. The maximum absolute atomic E-state index is 12.8. The van der Waals surface area contributed by atoms with Crippen LogP contribution in [0.2, 0.25) is 0 Å². The van der Waals surface area contributed by atoms with E-state index in [1.165, 1.54) is 113 Å². The second-order valence-corrected chi connectivity index (χ2v) is 10.8. The fourth-order valence-electron chi connectivity index (χ4n) is 3.99. The average Bonchev–Trinajstić information content (AvgIpc) is 3.00. The lowest BCUT2D eigenvalue weighted by Crippen LogP contribution is -2.36. The first-order valence-corrected chi connectivity index (χ1v) is 16.2. The Balaban J connectivity index is 0.000000677. The van der Waals surface area contributed by atoms with Crippen molar-refractivity contribution < 1.29 is 18.4 Å². The van der Waals surface area contributed by atoms with Crippen LogP contribution in [-0.2, 0) is 0 Å². The molecular weight excluding hydrogens is 570 g/mol. The summed E-state index contributed by atoms with van der Waals surface area (Å²) in [7, 11) is 0. The molecule has 0 saturated carbocycles. The highest BCUT2D eigenvalue weighted by Gasteiger charge is 2.07. The quantitative estimate of drug-likeness (QED) is 0.158. The first-order chi connectivity index (χ1) is 20.7. The summed E-state index contributed by atoms with van der Waals surface area (Å²) in [6.07, 6.45) is 9.94. The van der Waals surface area contributed by atoms with Crippen molar-refractivity contribution >= 4 is 22.8 Å². The molecule has 0 fully saturated rings. The van der Waals surface area contributed by atoms with Crippen LogP contribution in [0.4, 0.5) is 8.78 Å². The second-order valence-electron chi connectivity index (χ2n) is 10.4. The lowest BCUT2D eigenvalue weighted by molar-refractivity contribution is 0.0947. The van der Waals surface area contributed by atoms with E-state index in [4.69, 9.17) is 17.3 Å². The van der Waals surface area contributed by atoms with Gasteiger partial charge in [0, 0.05) is 37.3 Å². The molecule has 0 aromatic heterocycles. The fourth-order valence-corrected chi connectivity index (χ4v) is 4.12. The Morgan fingerprint density at radius 3 is 1.37 bits per heavy atom. The highest BCUT2D eigenvalue weighted by atomic mass is 35.5. The predicted molar refractivity (Wildman–Crippen MR) is 177 cm³/mol. The van der Waals surface area contributed by atoms with Gasteiger partial charge in [-0.05, 0) is 112 Å². The van der Waals surface area contributed by atoms with Crippen molar-refractivity contribution in [3.63, 3.8) is 0 Å². The van der Waals surface area contributed by atoms with Crippen LogP contribution in [0.3, 0.4) is 0 Å². The average molecular weight is 625 g/mol. The van der Waals surface area contributed by atoms with Crippen molar-refractivity contribution in [1.29, 1.82) is 0 Å². The Bertz CT molecular complexity index is 946. The molecule has 0 bridgehead atoms. The van der Waals surface area contributed by atoms with E-state index in [1.54, 1.807) is 0 Å². The van der Waals surface area contributed by atoms with E-state index < -0.39 is 5.24 Å². The molecule has 0 saturated heterocycles. The van der Waals surface area contributed by atoms with E-state index in [0.29, 0.717) is 17.7 Å². The molecule has 2 aromatic rings. The summed E-state index contributed by atoms with van der Waals surface area (Å²) in [5, 5.41) is 2.33. The topological polar surface area (TPSA) is 78.7 Å². The predicted octanol–water partition coefficient (Wildman–Crippen LogP) is 7.51. The summed E-state index contributed by atoms with van der Waals surface area (Å²) in [5.41, 5.74) is 6.34. The van der Waals surface area contributed by atoms with Crippen LogP contribution in [0.1, 0.15) is 99.8 Å². The molecule has 244 valence electrons. The van der Waals surface area contributed by atoms with Gasteiger partial charge in [0.25, 0.3) is 11.1 Å². The zero-order chi connectivity index (χ0) is 32.3. The molecule has 2 rings (SSSR count). The molecule has 0 unspecified atom stereocenters. The fraction of sp³-hybridized carbons (Fsp3) is 0.588. The Hall–Kier alpha value is -2.39. The monoisotopic (exact) mass is 624 g/mol. The number of rotatable bonds is 19. The van der Waals surface area contributed by atoms with Crippen molar-refractivity contribution in [2.45, 2.75) is 79.1 Å². The van der Waals surface area contributed by atoms with Crippen molar-refractivity contribution in [3.05, 3.63) is 71.3 Å². The number of unbranched alkanes of at least 4 members (excludes halogenated alkanes) is 4. The summed E-state index contributed by atoms with van der Waals surface area (Å²) >= 11 is 5.09. The van der Waals surface area contributed by atoms with Crippen molar-refractivity contribution in [1.82, 2.24) is 15.1 Å². The van der Waals surface area contributed by atoms with Gasteiger partial charge in [-0.1, -0.05) is 53.4 Å². The van der Waals surface area contributed by atoms with Gasteiger partial charge in [-0.3, -0.25) is 9.59 Å². The van der Waals surface area contributed by atoms with Crippen molar-refractivity contribution in [3.8, 4) is 0 Å². The minimum absolute atomic E-state index is 0.138. The Morgan fingerprint density at radius 1 is 0.651 bits per heavy atom. The lowest BCUT2D eigenvalue weighted by atomic mass is 10.2. The molecule has 9 heteroatoms. The van der Waals surface area contributed by atoms with Crippen molar-refractivity contribution in [2.24, 2.45) is 5.73 Å². The highest BCUT2D eigenvalue weighted by molar-refractivity contribution is 6.67. The number of amides is 1. The minimum Gasteiger partial charge on any atom is -0.351 e. The standard InChI is InChI=1S/C17H27FN2O.C10H24N2.C7H4ClFO/c1-3-5-12-20(13-6-4-2)14-11-19-17(21)15-7-9-16(18)10-8-15;1-3-5-8-12(10-7-11)9-6-4-2;8-7(10)5-1-3-6(9)4-2-5/h7-10H,3-6,11-14H2,1-2H3,(H,19,21);3-11H2,1-2H3;1-4H. The number of carbonyl (C=O) groups excluding carboxylic acids is 2. The van der Waals surface area contributed by atoms with E-state index in [-0.39, 0.29) is 17.5 Å². The minimum atomic E-state index is -0.569. The molecule has 0 spiro atoms. The zero-order valence-electron chi connectivity index (χ0n) is 26.9. The van der Waals surface area contributed by atoms with E-state index >= 15 is 0 Å². The maximum Gasteiger partial charge on any atom is 0.252 e. The SMILES string of the molecule is CCCCN(CCCC)CCNC(=O)c1ccc(F)cc1.CCCCN(CCN)CCCC.O=C(Cl)c1ccc(F)cc1. The third-order valence-electron chi connectivity index (χ3n) is 6.65. The smallest absolute Gasteiger partial charge is 0.252 e. The van der Waals surface area contributed by atoms with Crippen LogP contribution in [0.15, 0.2) is 48.5 Å². The van der Waals surface area contributed by atoms with Gasteiger partial charge in [-0.2, -0.15) is 0 Å². The van der Waals surface area contributed by atoms with Gasteiger partial charge in [0.1, 0.15) is 11.6 Å². The summed E-state index contributed by atoms with van der Waals surface area (Å²) in [6, 6.07) is 10.7. The van der Waals surface area contributed by atoms with Gasteiger partial charge < -0.3 is 20.9 Å². The lowest BCUT2D eigenvalue weighted by Gasteiger charge is -2.22. The Labute approximate surface area is 264 Å². The number of nitrogens with two attached hydrogens (primary N) is 1. The Morgan fingerprint density at radius 2 is 1.02 bits per heavy atom. The van der Waals surface area contributed by atoms with Gasteiger partial charge in [0.05, 0.1) is 0 Å². The number of halogens is 3. The van der Waals surface area contributed by atoms with Crippen molar-refractivity contribution in [2.75, 3.05) is 52.4 Å². The Kier molecular flexibility index (Phi) is 25.7. The first kappa shape index (κ1) is 40.6. The van der Waals surface area contributed by atoms with Crippen LogP contribution in [-0.4, -0.2) is 73.3 Å². The van der Waals surface area contributed by atoms with Crippen LogP contribution in [0.25, 0.3) is 0 Å². The van der Waals surface area contributed by atoms with Gasteiger partial charge in [0.15, 0.2) is 0 Å². The normalized spacial score (nSPS) is 10.6. The summed E-state index contributed by atoms with van der Waals surface area (Å²) in [6.45, 7) is 16.8. The molecule has 0 atom stereocenters. The number of hydrogen-bond acceptors (Lipinski definition) is 5. The van der Waals surface area contributed by atoms with Crippen LogP contribution >= 0.6 is 11.6 Å². The molecule has 0 aliphatic heterocycles. The second kappa shape index (κ2) is 27.2. The molecule has 0 aliphatic carbocycles. The van der Waals surface area contributed by atoms with Crippen LogP contribution < -0.4 is 11.1 Å². The molecule has 0 aliphatic rings. The molecule has 0 heterocycles. The van der Waals surface area contributed by atoms with Crippen LogP contribution in [0.5, 0.6) is 0 Å². The van der Waals surface area contributed by atoms with Crippen LogP contribution in [0, 0.1) is 11.6 Å². The van der Waals surface area contributed by atoms with E-state index in [2.05, 4.69) is 42.8 Å². The first-order valence-electron chi connectivity index (χ1n) is 15.9. The largest absolute Gasteiger partial charge is 0.351 e. The number of carbonyl (C=O) groups is 2. The van der Waals surface area contributed by atoms with E-state index in [9.17, 15) is 18.4 Å². The number of nitrogens with zero attached hydrogens (tertiary/aromatic N) is 2. The molecule has 43 heavy (non-hydrogen) atoms. The van der Waals surface area contributed by atoms with Gasteiger partial charge in [0.2, 0.25) is 0 Å². The summed E-state index contributed by atoms with van der Waals surface area (Å²) < 4.78 is 25.0. The molecule has 3 N–H and O–H groups in total. The van der Waals surface area contributed by atoms with E-state index in [0.717, 1.165) is 32.7 Å². The zero-order valence-corrected chi connectivity index (χ0v) is 27.6. The third kappa shape index (κ3) is 21.9. The highest BCUT2D eigenvalue weighted by Crippen LogP contribution is 2.05. The third-order valence-corrected chi connectivity index (χ3v) is 6.87.